The summed E-state index contributed by atoms with van der Waals surface area (Å²) in [4.78, 5) is 2.50. The predicted octanol–water partition coefficient (Wildman–Crippen LogP) is 4.18. The van der Waals surface area contributed by atoms with Crippen LogP contribution in [0.4, 0.5) is 0 Å². The van der Waals surface area contributed by atoms with Gasteiger partial charge in [0.2, 0.25) is 0 Å². The van der Waals surface area contributed by atoms with Crippen LogP contribution in [0.15, 0.2) is 0 Å². The molecule has 0 aromatic carbocycles. The van der Waals surface area contributed by atoms with E-state index in [4.69, 9.17) is 0 Å². The summed E-state index contributed by atoms with van der Waals surface area (Å²) >= 11 is 0. The van der Waals surface area contributed by atoms with Gasteiger partial charge in [-0.05, 0) is 43.6 Å². The lowest BCUT2D eigenvalue weighted by atomic mass is 9.77. The van der Waals surface area contributed by atoms with E-state index in [1.54, 1.807) is 0 Å². The van der Waals surface area contributed by atoms with Crippen LogP contribution >= 0.6 is 0 Å². The largest absolute Gasteiger partial charge is 0.395 e. The average Bonchev–Trinajstić information content (AvgIpc) is 2.32. The molecule has 2 heteroatoms. The van der Waals surface area contributed by atoms with Crippen molar-refractivity contribution in [1.29, 1.82) is 0 Å². The molecule has 2 nitrogen and oxygen atoms in total. The highest BCUT2D eigenvalue weighted by atomic mass is 16.3. The van der Waals surface area contributed by atoms with Crippen molar-refractivity contribution in [1.82, 2.24) is 4.90 Å². The summed E-state index contributed by atoms with van der Waals surface area (Å²) in [6.45, 7) is 20.6. The molecule has 0 aliphatic carbocycles. The number of rotatable bonds is 9. The second-order valence-corrected chi connectivity index (χ2v) is 7.47. The molecular weight excluding hydrogens is 234 g/mol. The molecule has 0 saturated heterocycles. The van der Waals surface area contributed by atoms with Crippen LogP contribution in [-0.2, 0) is 0 Å². The van der Waals surface area contributed by atoms with Crippen molar-refractivity contribution in [2.24, 2.45) is 17.3 Å². The first kappa shape index (κ1) is 18.9. The van der Waals surface area contributed by atoms with Gasteiger partial charge in [0.25, 0.3) is 0 Å². The van der Waals surface area contributed by atoms with Crippen LogP contribution in [0, 0.1) is 17.3 Å². The lowest BCUT2D eigenvalue weighted by Gasteiger charge is -2.45. The Morgan fingerprint density at radius 2 is 1.47 bits per heavy atom. The van der Waals surface area contributed by atoms with Gasteiger partial charge in [0.15, 0.2) is 0 Å². The van der Waals surface area contributed by atoms with Crippen LogP contribution in [-0.4, -0.2) is 35.2 Å². The van der Waals surface area contributed by atoms with E-state index in [2.05, 4.69) is 60.3 Å². The second kappa shape index (κ2) is 7.64. The van der Waals surface area contributed by atoms with Crippen molar-refractivity contribution in [2.45, 2.75) is 73.8 Å². The van der Waals surface area contributed by atoms with E-state index in [-0.39, 0.29) is 12.1 Å². The van der Waals surface area contributed by atoms with Crippen molar-refractivity contribution in [3.05, 3.63) is 0 Å². The molecule has 0 bridgehead atoms. The van der Waals surface area contributed by atoms with Crippen molar-refractivity contribution < 1.29 is 5.11 Å². The number of nitrogens with zero attached hydrogens (tertiary/aromatic N) is 1. The summed E-state index contributed by atoms with van der Waals surface area (Å²) in [6.07, 6.45) is 2.32. The smallest absolute Gasteiger partial charge is 0.0558 e. The Morgan fingerprint density at radius 3 is 1.79 bits per heavy atom. The van der Waals surface area contributed by atoms with E-state index in [9.17, 15) is 5.11 Å². The molecule has 0 aliphatic rings. The van der Waals surface area contributed by atoms with Crippen LogP contribution in [0.2, 0.25) is 0 Å². The quantitative estimate of drug-likeness (QED) is 0.680. The fourth-order valence-corrected chi connectivity index (χ4v) is 2.45. The summed E-state index contributed by atoms with van der Waals surface area (Å²) in [6, 6.07) is 0. The van der Waals surface area contributed by atoms with Crippen molar-refractivity contribution in [3.8, 4) is 0 Å². The van der Waals surface area contributed by atoms with E-state index in [1.807, 2.05) is 0 Å². The molecular formula is C17H37NO. The molecule has 0 fully saturated rings. The minimum Gasteiger partial charge on any atom is -0.395 e. The molecule has 0 saturated carbocycles. The minimum atomic E-state index is 0.190. The Bertz CT molecular complexity index is 248. The lowest BCUT2D eigenvalue weighted by molar-refractivity contribution is 0.0262. The molecule has 19 heavy (non-hydrogen) atoms. The fourth-order valence-electron chi connectivity index (χ4n) is 2.45. The monoisotopic (exact) mass is 271 g/mol. The van der Waals surface area contributed by atoms with E-state index in [1.165, 1.54) is 6.42 Å². The third kappa shape index (κ3) is 5.07. The van der Waals surface area contributed by atoms with Crippen molar-refractivity contribution in [3.63, 3.8) is 0 Å². The zero-order valence-electron chi connectivity index (χ0n) is 14.6. The number of β-amino-alcohol motifs (C(OH)–C–C–N with tert-alkyl or cyclic N) is 1. The molecule has 1 unspecified atom stereocenters. The third-order valence-electron chi connectivity index (χ3n) is 5.64. The Balaban J connectivity index is 4.84. The predicted molar refractivity (Wildman–Crippen MR) is 85.4 cm³/mol. The summed E-state index contributed by atoms with van der Waals surface area (Å²) in [7, 11) is 0. The Kier molecular flexibility index (Phi) is 7.60. The van der Waals surface area contributed by atoms with Crippen LogP contribution in [0.1, 0.15) is 68.2 Å². The minimum absolute atomic E-state index is 0.190. The first-order valence-corrected chi connectivity index (χ1v) is 7.97. The zero-order chi connectivity index (χ0) is 15.3. The highest BCUT2D eigenvalue weighted by Gasteiger charge is 2.34. The molecule has 0 amide bonds. The van der Waals surface area contributed by atoms with Crippen LogP contribution in [0.3, 0.4) is 0 Å². The van der Waals surface area contributed by atoms with Crippen LogP contribution in [0.25, 0.3) is 0 Å². The number of aliphatic hydroxyl groups excluding tert-OH is 1. The van der Waals surface area contributed by atoms with Gasteiger partial charge in [-0.3, -0.25) is 4.90 Å². The van der Waals surface area contributed by atoms with E-state index in [0.29, 0.717) is 17.3 Å². The van der Waals surface area contributed by atoms with Gasteiger partial charge in [-0.15, -0.1) is 0 Å². The van der Waals surface area contributed by atoms with E-state index in [0.717, 1.165) is 19.5 Å². The fraction of sp³-hybridized carbons (Fsp3) is 1.00. The molecule has 0 aromatic rings. The van der Waals surface area contributed by atoms with Gasteiger partial charge in [0.05, 0.1) is 6.61 Å². The van der Waals surface area contributed by atoms with Gasteiger partial charge in [-0.25, -0.2) is 0 Å². The molecule has 116 valence electrons. The van der Waals surface area contributed by atoms with Gasteiger partial charge in [0.1, 0.15) is 0 Å². The Morgan fingerprint density at radius 1 is 0.947 bits per heavy atom. The van der Waals surface area contributed by atoms with Gasteiger partial charge in [-0.1, -0.05) is 48.5 Å². The maximum absolute atomic E-state index is 9.37. The average molecular weight is 271 g/mol. The molecule has 1 atom stereocenters. The van der Waals surface area contributed by atoms with Crippen LogP contribution in [0.5, 0.6) is 0 Å². The molecule has 0 rings (SSSR count). The number of hydrogen-bond donors (Lipinski definition) is 1. The Labute approximate surface area is 121 Å². The van der Waals surface area contributed by atoms with E-state index >= 15 is 0 Å². The third-order valence-corrected chi connectivity index (χ3v) is 5.64. The van der Waals surface area contributed by atoms with Crippen molar-refractivity contribution in [2.75, 3.05) is 19.7 Å². The number of hydrogen-bond acceptors (Lipinski definition) is 2. The molecule has 0 spiro atoms. The van der Waals surface area contributed by atoms with Crippen LogP contribution < -0.4 is 0 Å². The van der Waals surface area contributed by atoms with Crippen molar-refractivity contribution >= 4 is 0 Å². The molecule has 1 N–H and O–H groups in total. The molecule has 0 heterocycles. The normalized spacial score (nSPS) is 16.4. The topological polar surface area (TPSA) is 23.5 Å². The molecule has 0 radical (unpaired) electrons. The number of aliphatic hydroxyl groups is 1. The molecule has 0 aliphatic heterocycles. The lowest BCUT2D eigenvalue weighted by Crippen LogP contribution is -2.52. The molecule has 0 aromatic heterocycles. The highest BCUT2D eigenvalue weighted by Crippen LogP contribution is 2.33. The zero-order valence-corrected chi connectivity index (χ0v) is 14.6. The summed E-state index contributed by atoms with van der Waals surface area (Å²) in [5.74, 6) is 1.29. The highest BCUT2D eigenvalue weighted by molar-refractivity contribution is 4.89. The maximum Gasteiger partial charge on any atom is 0.0558 e. The standard InChI is InChI=1S/C17H37NO/c1-9-17(8,15(4)5)18(12-13-19)11-10-16(6,7)14(2)3/h14-15,19H,9-13H2,1-8H3. The SMILES string of the molecule is CCC(C)(C(C)C)N(CCO)CCC(C)(C)C(C)C. The van der Waals surface area contributed by atoms with Gasteiger partial charge >= 0.3 is 0 Å². The summed E-state index contributed by atoms with van der Waals surface area (Å²) in [5, 5.41) is 9.37. The second-order valence-electron chi connectivity index (χ2n) is 7.47. The maximum atomic E-state index is 9.37. The summed E-state index contributed by atoms with van der Waals surface area (Å²) < 4.78 is 0. The first-order valence-electron chi connectivity index (χ1n) is 7.97. The summed E-state index contributed by atoms with van der Waals surface area (Å²) in [5.41, 5.74) is 0.551. The van der Waals surface area contributed by atoms with Gasteiger partial charge < -0.3 is 5.11 Å². The Hall–Kier alpha value is -0.0800. The van der Waals surface area contributed by atoms with E-state index < -0.39 is 0 Å². The van der Waals surface area contributed by atoms with Gasteiger partial charge in [-0.2, -0.15) is 0 Å². The first-order chi connectivity index (χ1) is 8.61. The van der Waals surface area contributed by atoms with Gasteiger partial charge in [0, 0.05) is 12.1 Å².